The van der Waals surface area contributed by atoms with Gasteiger partial charge in [0.1, 0.15) is 19.8 Å². The molecule has 0 rings (SSSR count). The molecule has 0 bridgehead atoms. The van der Waals surface area contributed by atoms with Crippen LogP contribution in [-0.4, -0.2) is 88.4 Å². The summed E-state index contributed by atoms with van der Waals surface area (Å²) in [5, 5.41) is 2.38. The van der Waals surface area contributed by atoms with Gasteiger partial charge in [0.2, 0.25) is 5.91 Å². The van der Waals surface area contributed by atoms with Crippen molar-refractivity contribution in [2.24, 2.45) is 0 Å². The molecule has 0 aliphatic heterocycles. The van der Waals surface area contributed by atoms with Crippen LogP contribution in [0.5, 0.6) is 0 Å². The normalized spacial score (nSPS) is 13.8. The van der Waals surface area contributed by atoms with Gasteiger partial charge in [-0.25, -0.2) is 4.57 Å². The van der Waals surface area contributed by atoms with Crippen LogP contribution in [0.1, 0.15) is 6.92 Å². The summed E-state index contributed by atoms with van der Waals surface area (Å²) in [7, 11) is -4.47. The number of rotatable bonds is 19. The van der Waals surface area contributed by atoms with Gasteiger partial charge < -0.3 is 29.2 Å². The zero-order valence-corrected chi connectivity index (χ0v) is 16.2. The fourth-order valence-electron chi connectivity index (χ4n) is 1.47. The van der Waals surface area contributed by atoms with E-state index in [4.69, 9.17) is 9.47 Å². The van der Waals surface area contributed by atoms with Gasteiger partial charge in [-0.3, -0.25) is 28.2 Å². The second-order valence-electron chi connectivity index (χ2n) is 5.04. The SMILES string of the molecule is CC(=O)COCCOCC(=O)NCCOP(=O)(O)OCC(COC=O)OC=O. The highest BCUT2D eigenvalue weighted by Crippen LogP contribution is 2.42. The Kier molecular flexibility index (Phi) is 15.0. The molecule has 0 aliphatic rings. The zero-order chi connectivity index (χ0) is 21.3. The van der Waals surface area contributed by atoms with Crippen LogP contribution in [0.2, 0.25) is 0 Å². The number of ether oxygens (including phenoxy) is 4. The van der Waals surface area contributed by atoms with Gasteiger partial charge in [-0.05, 0) is 6.92 Å². The number of hydrogen-bond donors (Lipinski definition) is 2. The van der Waals surface area contributed by atoms with Crippen LogP contribution < -0.4 is 5.32 Å². The lowest BCUT2D eigenvalue weighted by Crippen LogP contribution is -2.31. The molecule has 162 valence electrons. The Hall–Kier alpha value is -1.89. The van der Waals surface area contributed by atoms with Gasteiger partial charge in [-0.2, -0.15) is 0 Å². The van der Waals surface area contributed by atoms with Crippen LogP contribution in [0, 0.1) is 0 Å². The molecule has 0 radical (unpaired) electrons. The number of carbonyl (C=O) groups excluding carboxylic acids is 4. The Morgan fingerprint density at radius 2 is 1.71 bits per heavy atom. The van der Waals surface area contributed by atoms with Crippen molar-refractivity contribution < 1.29 is 56.6 Å². The van der Waals surface area contributed by atoms with Crippen molar-refractivity contribution in [1.82, 2.24) is 5.32 Å². The van der Waals surface area contributed by atoms with Crippen molar-refractivity contribution in [2.75, 3.05) is 52.8 Å². The molecule has 13 nitrogen and oxygen atoms in total. The molecule has 0 heterocycles. The molecule has 0 aromatic carbocycles. The van der Waals surface area contributed by atoms with Gasteiger partial charge >= 0.3 is 7.82 Å². The van der Waals surface area contributed by atoms with Gasteiger partial charge in [-0.1, -0.05) is 0 Å². The van der Waals surface area contributed by atoms with E-state index in [2.05, 4.69) is 23.8 Å². The molecule has 28 heavy (non-hydrogen) atoms. The van der Waals surface area contributed by atoms with Gasteiger partial charge in [0.05, 0.1) is 26.4 Å². The monoisotopic (exact) mass is 429 g/mol. The van der Waals surface area contributed by atoms with Crippen LogP contribution >= 0.6 is 7.82 Å². The van der Waals surface area contributed by atoms with Crippen molar-refractivity contribution in [3.8, 4) is 0 Å². The smallest absolute Gasteiger partial charge is 0.464 e. The van der Waals surface area contributed by atoms with Crippen molar-refractivity contribution in [1.29, 1.82) is 0 Å². The molecule has 0 saturated heterocycles. The number of hydrogen-bond acceptors (Lipinski definition) is 11. The first-order valence-electron chi connectivity index (χ1n) is 7.98. The third-order valence-corrected chi connectivity index (χ3v) is 3.60. The lowest BCUT2D eigenvalue weighted by Gasteiger charge is -2.17. The van der Waals surface area contributed by atoms with Gasteiger partial charge in [0.25, 0.3) is 12.9 Å². The van der Waals surface area contributed by atoms with Crippen LogP contribution in [0.4, 0.5) is 0 Å². The fourth-order valence-corrected chi connectivity index (χ4v) is 2.22. The Bertz CT molecular complexity index is 528. The van der Waals surface area contributed by atoms with E-state index < -0.39 is 26.4 Å². The molecular formula is C14H24NO12P. The molecule has 14 heteroatoms. The first-order valence-corrected chi connectivity index (χ1v) is 9.48. The molecule has 1 amide bonds. The molecular weight excluding hydrogens is 405 g/mol. The summed E-state index contributed by atoms with van der Waals surface area (Å²) in [6, 6.07) is 0. The van der Waals surface area contributed by atoms with Crippen LogP contribution in [0.25, 0.3) is 0 Å². The summed E-state index contributed by atoms with van der Waals surface area (Å²) >= 11 is 0. The first kappa shape index (κ1) is 26.1. The standard InChI is InChI=1S/C14H24NO12P/c1-12(18)6-22-4-5-23-9-14(19)15-2-3-26-28(20,21)27-8-13(25-11-17)7-24-10-16/h10-11,13H,2-9H2,1H3,(H,15,19)(H,20,21). The van der Waals surface area contributed by atoms with Crippen LogP contribution in [-0.2, 0) is 51.7 Å². The highest BCUT2D eigenvalue weighted by molar-refractivity contribution is 7.47. The lowest BCUT2D eigenvalue weighted by molar-refractivity contribution is -0.144. The molecule has 0 aromatic rings. The van der Waals surface area contributed by atoms with E-state index in [1.54, 1.807) is 0 Å². The van der Waals surface area contributed by atoms with Crippen LogP contribution in [0.3, 0.4) is 0 Å². The molecule has 2 unspecified atom stereocenters. The largest absolute Gasteiger partial charge is 0.472 e. The number of nitrogens with one attached hydrogen (secondary N) is 1. The van der Waals surface area contributed by atoms with E-state index >= 15 is 0 Å². The summed E-state index contributed by atoms with van der Waals surface area (Å²) in [6.45, 7) is 0.199. The Morgan fingerprint density at radius 1 is 1.04 bits per heavy atom. The van der Waals surface area contributed by atoms with Crippen LogP contribution in [0.15, 0.2) is 0 Å². The minimum Gasteiger partial charge on any atom is -0.464 e. The van der Waals surface area contributed by atoms with E-state index in [0.717, 1.165) is 0 Å². The maximum atomic E-state index is 11.6. The second-order valence-corrected chi connectivity index (χ2v) is 6.49. The van der Waals surface area contributed by atoms with E-state index in [1.165, 1.54) is 6.92 Å². The van der Waals surface area contributed by atoms with Gasteiger partial charge in [-0.15, -0.1) is 0 Å². The molecule has 0 aliphatic carbocycles. The summed E-state index contributed by atoms with van der Waals surface area (Å²) in [4.78, 5) is 51.9. The Labute approximate surface area is 161 Å². The second kappa shape index (κ2) is 16.1. The Balaban J connectivity index is 3.84. The van der Waals surface area contributed by atoms with Crippen molar-refractivity contribution in [3.05, 3.63) is 0 Å². The topological polar surface area (TPSA) is 173 Å². The predicted octanol–water partition coefficient (Wildman–Crippen LogP) is -1.43. The minimum absolute atomic E-state index is 0.0255. The number of phosphoric acid groups is 1. The zero-order valence-electron chi connectivity index (χ0n) is 15.3. The summed E-state index contributed by atoms with van der Waals surface area (Å²) in [5.74, 6) is -0.613. The van der Waals surface area contributed by atoms with Gasteiger partial charge in [0, 0.05) is 6.54 Å². The molecule has 0 saturated carbocycles. The number of ketones is 1. The number of phosphoric ester groups is 1. The molecule has 2 N–H and O–H groups in total. The molecule has 0 aromatic heterocycles. The average Bonchev–Trinajstić information content (AvgIpc) is 2.64. The maximum Gasteiger partial charge on any atom is 0.472 e. The summed E-state index contributed by atoms with van der Waals surface area (Å²) < 4.78 is 39.7. The molecule has 0 fully saturated rings. The van der Waals surface area contributed by atoms with Crippen molar-refractivity contribution >= 4 is 32.5 Å². The number of carbonyl (C=O) groups is 4. The third kappa shape index (κ3) is 16.3. The Morgan fingerprint density at radius 3 is 2.32 bits per heavy atom. The number of amides is 1. The summed E-state index contributed by atoms with van der Waals surface area (Å²) in [6.07, 6.45) is -1.08. The van der Waals surface area contributed by atoms with E-state index in [9.17, 15) is 28.6 Å². The fraction of sp³-hybridized carbons (Fsp3) is 0.714. The highest BCUT2D eigenvalue weighted by atomic mass is 31.2. The maximum absolute atomic E-state index is 11.6. The van der Waals surface area contributed by atoms with E-state index in [-0.39, 0.29) is 64.9 Å². The summed E-state index contributed by atoms with van der Waals surface area (Å²) in [5.41, 5.74) is 0. The quantitative estimate of drug-likeness (QED) is 0.139. The van der Waals surface area contributed by atoms with E-state index in [0.29, 0.717) is 0 Å². The lowest BCUT2D eigenvalue weighted by atomic mass is 10.4. The molecule has 2 atom stereocenters. The highest BCUT2D eigenvalue weighted by Gasteiger charge is 2.24. The predicted molar refractivity (Wildman–Crippen MR) is 90.0 cm³/mol. The molecule has 0 spiro atoms. The third-order valence-electron chi connectivity index (χ3n) is 2.61. The van der Waals surface area contributed by atoms with E-state index in [1.807, 2.05) is 0 Å². The minimum atomic E-state index is -4.47. The van der Waals surface area contributed by atoms with Crippen molar-refractivity contribution in [3.63, 3.8) is 0 Å². The first-order chi connectivity index (χ1) is 13.3. The number of Topliss-reactive ketones (excluding diaryl/α,β-unsaturated/α-hetero) is 1. The van der Waals surface area contributed by atoms with Crippen molar-refractivity contribution in [2.45, 2.75) is 13.0 Å². The average molecular weight is 429 g/mol. The van der Waals surface area contributed by atoms with Gasteiger partial charge in [0.15, 0.2) is 11.9 Å².